The minimum absolute atomic E-state index is 0.335. The lowest BCUT2D eigenvalue weighted by atomic mass is 10.2. The summed E-state index contributed by atoms with van der Waals surface area (Å²) in [7, 11) is 1.61. The summed E-state index contributed by atoms with van der Waals surface area (Å²) in [5.41, 5.74) is 5.07. The summed E-state index contributed by atoms with van der Waals surface area (Å²) in [5.74, 6) is 0.288. The first-order valence-corrected chi connectivity index (χ1v) is 7.56. The molecule has 1 heterocycles. The zero-order chi connectivity index (χ0) is 16.2. The summed E-state index contributed by atoms with van der Waals surface area (Å²) >= 11 is 6.12. The average Bonchev–Trinajstić information content (AvgIpc) is 2.58. The van der Waals surface area contributed by atoms with Crippen molar-refractivity contribution in [2.45, 2.75) is 6.54 Å². The van der Waals surface area contributed by atoms with Gasteiger partial charge in [-0.05, 0) is 29.8 Å². The molecule has 0 amide bonds. The van der Waals surface area contributed by atoms with Gasteiger partial charge in [-0.15, -0.1) is 0 Å². The monoisotopic (exact) mass is 333 g/mol. The molecule has 2 aromatic rings. The maximum Gasteiger partial charge on any atom is 0.222 e. The van der Waals surface area contributed by atoms with Crippen molar-refractivity contribution in [2.24, 2.45) is 0 Å². The summed E-state index contributed by atoms with van der Waals surface area (Å²) < 4.78 is 18.5. The van der Waals surface area contributed by atoms with E-state index >= 15 is 0 Å². The number of nitrogens with zero attached hydrogens (tertiary/aromatic N) is 2. The first-order valence-electron chi connectivity index (χ1n) is 7.19. The van der Waals surface area contributed by atoms with Gasteiger partial charge in [-0.3, -0.25) is 10.4 Å². The number of hydrogen-bond acceptors (Lipinski definition) is 4. The second-order valence-electron chi connectivity index (χ2n) is 5.20. The van der Waals surface area contributed by atoms with Crippen molar-refractivity contribution >= 4 is 17.3 Å². The van der Waals surface area contributed by atoms with Crippen LogP contribution in [0.2, 0.25) is 5.02 Å². The summed E-state index contributed by atoms with van der Waals surface area (Å²) in [5, 5.41) is 2.39. The van der Waals surface area contributed by atoms with Crippen LogP contribution in [0.1, 0.15) is 5.56 Å². The maximum absolute atomic E-state index is 13.2. The molecular weight excluding hydrogens is 317 g/mol. The Hall–Kier alpha value is -2.40. The van der Waals surface area contributed by atoms with Crippen LogP contribution in [-0.2, 0) is 11.3 Å². The van der Waals surface area contributed by atoms with E-state index in [1.807, 2.05) is 46.4 Å². The van der Waals surface area contributed by atoms with Crippen LogP contribution in [0.4, 0.5) is 10.1 Å². The quantitative estimate of drug-likeness (QED) is 0.923. The van der Waals surface area contributed by atoms with E-state index in [-0.39, 0.29) is 5.82 Å². The van der Waals surface area contributed by atoms with Crippen molar-refractivity contribution < 1.29 is 9.13 Å². The Morgan fingerprint density at radius 2 is 2.00 bits per heavy atom. The highest BCUT2D eigenvalue weighted by atomic mass is 35.5. The third kappa shape index (κ3) is 3.68. The number of hydrazine groups is 1. The number of nitrogens with one attached hydrogen (secondary N) is 1. The van der Waals surface area contributed by atoms with Crippen molar-refractivity contribution in [3.05, 3.63) is 77.0 Å². The van der Waals surface area contributed by atoms with Crippen molar-refractivity contribution in [1.82, 2.24) is 10.3 Å². The highest BCUT2D eigenvalue weighted by Gasteiger charge is 2.19. The molecular formula is C17H17ClFN3O. The molecule has 0 spiro atoms. The van der Waals surface area contributed by atoms with Gasteiger partial charge in [0.1, 0.15) is 12.5 Å². The minimum atomic E-state index is -0.335. The molecule has 1 N–H and O–H groups in total. The van der Waals surface area contributed by atoms with Crippen molar-refractivity contribution in [1.29, 1.82) is 0 Å². The number of ether oxygens (including phenoxy) is 1. The van der Waals surface area contributed by atoms with Gasteiger partial charge >= 0.3 is 0 Å². The average molecular weight is 334 g/mol. The van der Waals surface area contributed by atoms with Crippen LogP contribution >= 0.6 is 11.6 Å². The number of benzene rings is 2. The summed E-state index contributed by atoms with van der Waals surface area (Å²) in [6, 6.07) is 14.4. The molecule has 23 heavy (non-hydrogen) atoms. The van der Waals surface area contributed by atoms with Gasteiger partial charge in [0, 0.05) is 11.6 Å². The highest BCUT2D eigenvalue weighted by molar-refractivity contribution is 6.31. The zero-order valence-corrected chi connectivity index (χ0v) is 13.4. The fourth-order valence-electron chi connectivity index (χ4n) is 2.40. The van der Waals surface area contributed by atoms with Gasteiger partial charge in [-0.25, -0.2) is 4.39 Å². The van der Waals surface area contributed by atoms with Crippen LogP contribution in [0.5, 0.6) is 0 Å². The van der Waals surface area contributed by atoms with Gasteiger partial charge < -0.3 is 9.64 Å². The lowest BCUT2D eigenvalue weighted by Gasteiger charge is -2.37. The lowest BCUT2D eigenvalue weighted by Crippen LogP contribution is -2.48. The number of para-hydroxylation sites is 1. The maximum atomic E-state index is 13.2. The second kappa shape index (κ2) is 6.79. The molecule has 2 aromatic carbocycles. The Kier molecular flexibility index (Phi) is 4.57. The molecule has 0 radical (unpaired) electrons. The summed E-state index contributed by atoms with van der Waals surface area (Å²) in [4.78, 5) is 2.04. The van der Waals surface area contributed by atoms with E-state index in [0.29, 0.717) is 24.1 Å². The van der Waals surface area contributed by atoms with Gasteiger partial charge in [0.05, 0.1) is 19.0 Å². The van der Waals surface area contributed by atoms with Gasteiger partial charge in [-0.2, -0.15) is 0 Å². The largest absolute Gasteiger partial charge is 0.480 e. The van der Waals surface area contributed by atoms with Crippen molar-refractivity contribution in [3.8, 4) is 0 Å². The molecule has 3 rings (SSSR count). The molecule has 1 aliphatic heterocycles. The Bertz CT molecular complexity index is 708. The third-order valence-corrected chi connectivity index (χ3v) is 3.90. The predicted molar refractivity (Wildman–Crippen MR) is 89.0 cm³/mol. The third-order valence-electron chi connectivity index (χ3n) is 3.54. The summed E-state index contributed by atoms with van der Waals surface area (Å²) in [6.45, 7) is 1.15. The topological polar surface area (TPSA) is 27.7 Å². The first-order chi connectivity index (χ1) is 11.2. The SMILES string of the molecule is COC1=CN(Cc2ccc(F)cc2Cl)CN(c2ccccc2)N1. The van der Waals surface area contributed by atoms with Crippen LogP contribution in [0, 0.1) is 5.82 Å². The fraction of sp³-hybridized carbons (Fsp3) is 0.176. The van der Waals surface area contributed by atoms with Gasteiger partial charge in [0.25, 0.3) is 0 Å². The van der Waals surface area contributed by atoms with E-state index in [1.54, 1.807) is 13.2 Å². The fourth-order valence-corrected chi connectivity index (χ4v) is 2.63. The number of halogens is 2. The van der Waals surface area contributed by atoms with Crippen LogP contribution in [0.25, 0.3) is 0 Å². The molecule has 120 valence electrons. The number of hydrogen-bond donors (Lipinski definition) is 1. The number of rotatable bonds is 4. The zero-order valence-electron chi connectivity index (χ0n) is 12.7. The minimum Gasteiger partial charge on any atom is -0.480 e. The van der Waals surface area contributed by atoms with E-state index in [1.165, 1.54) is 12.1 Å². The van der Waals surface area contributed by atoms with Crippen molar-refractivity contribution in [3.63, 3.8) is 0 Å². The molecule has 0 bridgehead atoms. The molecule has 6 heteroatoms. The Balaban J connectivity index is 1.80. The van der Waals surface area contributed by atoms with E-state index in [2.05, 4.69) is 5.43 Å². The lowest BCUT2D eigenvalue weighted by molar-refractivity contribution is 0.207. The van der Waals surface area contributed by atoms with Gasteiger partial charge in [0.15, 0.2) is 0 Å². The highest BCUT2D eigenvalue weighted by Crippen LogP contribution is 2.22. The normalized spacial score (nSPS) is 14.3. The molecule has 1 aliphatic rings. The smallest absolute Gasteiger partial charge is 0.222 e. The molecule has 0 atom stereocenters. The molecule has 0 aliphatic carbocycles. The van der Waals surface area contributed by atoms with Crippen LogP contribution < -0.4 is 10.4 Å². The number of methoxy groups -OCH3 is 1. The van der Waals surface area contributed by atoms with E-state index in [0.717, 1.165) is 11.3 Å². The van der Waals surface area contributed by atoms with Gasteiger partial charge in [-0.1, -0.05) is 35.9 Å². The van der Waals surface area contributed by atoms with E-state index in [4.69, 9.17) is 16.3 Å². The number of anilines is 1. The van der Waals surface area contributed by atoms with Crippen molar-refractivity contribution in [2.75, 3.05) is 18.8 Å². The van der Waals surface area contributed by atoms with E-state index < -0.39 is 0 Å². The second-order valence-corrected chi connectivity index (χ2v) is 5.60. The molecule has 0 unspecified atom stereocenters. The molecule has 0 aromatic heterocycles. The molecule has 0 saturated carbocycles. The first kappa shape index (κ1) is 15.5. The standard InChI is InChI=1S/C17H17ClFN3O/c1-23-17-11-21(10-13-7-8-14(19)9-16(13)18)12-22(20-17)15-5-3-2-4-6-15/h2-9,11,20H,10,12H2,1H3. The van der Waals surface area contributed by atoms with E-state index in [9.17, 15) is 4.39 Å². The molecule has 0 fully saturated rings. The van der Waals surface area contributed by atoms with Crippen LogP contribution in [0.3, 0.4) is 0 Å². The summed E-state index contributed by atoms with van der Waals surface area (Å²) in [6.07, 6.45) is 1.87. The predicted octanol–water partition coefficient (Wildman–Crippen LogP) is 3.71. The van der Waals surface area contributed by atoms with Gasteiger partial charge in [0.2, 0.25) is 5.88 Å². The Morgan fingerprint density at radius 3 is 2.70 bits per heavy atom. The Labute approximate surface area is 139 Å². The van der Waals surface area contributed by atoms with Crippen LogP contribution in [0.15, 0.2) is 60.6 Å². The van der Waals surface area contributed by atoms with Crippen LogP contribution in [-0.4, -0.2) is 18.7 Å². The molecule has 4 nitrogen and oxygen atoms in total. The molecule has 0 saturated heterocycles. The Morgan fingerprint density at radius 1 is 1.22 bits per heavy atom.